The summed E-state index contributed by atoms with van der Waals surface area (Å²) in [5, 5.41) is 13.3. The van der Waals surface area contributed by atoms with Crippen molar-refractivity contribution < 1.29 is 19.5 Å². The Balaban J connectivity index is 2.68. The summed E-state index contributed by atoms with van der Waals surface area (Å²) in [4.78, 5) is 35.3. The summed E-state index contributed by atoms with van der Waals surface area (Å²) in [6.45, 7) is 0.561. The Labute approximate surface area is 109 Å². The van der Waals surface area contributed by atoms with E-state index in [4.69, 9.17) is 16.7 Å². The van der Waals surface area contributed by atoms with Gasteiger partial charge in [0.1, 0.15) is 6.04 Å². The van der Waals surface area contributed by atoms with Gasteiger partial charge in [0.05, 0.1) is 0 Å². The number of hydrogen-bond acceptors (Lipinski definition) is 3. The zero-order valence-electron chi connectivity index (χ0n) is 9.82. The molecule has 4 amide bonds. The second-order valence-corrected chi connectivity index (χ2v) is 4.29. The summed E-state index contributed by atoms with van der Waals surface area (Å²) >= 11 is 5.44. The number of amides is 4. The first-order chi connectivity index (χ1) is 8.56. The fourth-order valence-electron chi connectivity index (χ4n) is 1.77. The average Bonchev–Trinajstić information content (AvgIpc) is 2.49. The van der Waals surface area contributed by atoms with Gasteiger partial charge in [0.15, 0.2) is 0 Å². The molecule has 0 unspecified atom stereocenters. The Kier molecular flexibility index (Phi) is 5.70. The second-order valence-electron chi connectivity index (χ2n) is 3.91. The predicted molar refractivity (Wildman–Crippen MR) is 64.6 cm³/mol. The van der Waals surface area contributed by atoms with Crippen LogP contribution in [0, 0.1) is 0 Å². The van der Waals surface area contributed by atoms with Gasteiger partial charge >= 0.3 is 12.1 Å². The Morgan fingerprint density at radius 1 is 1.44 bits per heavy atom. The van der Waals surface area contributed by atoms with Crippen LogP contribution in [0.1, 0.15) is 19.3 Å². The number of imide groups is 1. The van der Waals surface area contributed by atoms with Crippen LogP contribution in [0.5, 0.6) is 0 Å². The molecular formula is C10H16ClN3O4. The predicted octanol–water partition coefficient (Wildman–Crippen LogP) is 0.583. The van der Waals surface area contributed by atoms with E-state index in [0.717, 1.165) is 4.90 Å². The first-order valence-electron chi connectivity index (χ1n) is 5.71. The van der Waals surface area contributed by atoms with E-state index in [-0.39, 0.29) is 12.4 Å². The van der Waals surface area contributed by atoms with Crippen molar-refractivity contribution in [2.24, 2.45) is 0 Å². The molecule has 0 bridgehead atoms. The number of nitrogens with zero attached hydrogens (tertiary/aromatic N) is 1. The standard InChI is InChI=1S/C10H16ClN3O4/c11-4-5-12-9(16)14-6-2-1-3-7(8(14)15)13-10(17)18/h7,13H,1-6H2,(H,12,16)(H,17,18)/t7-/m0/s1. The molecule has 0 aromatic heterocycles. The maximum atomic E-state index is 12.0. The lowest BCUT2D eigenvalue weighted by Crippen LogP contribution is -2.52. The Morgan fingerprint density at radius 3 is 2.78 bits per heavy atom. The lowest BCUT2D eigenvalue weighted by atomic mass is 10.1. The maximum Gasteiger partial charge on any atom is 0.405 e. The maximum absolute atomic E-state index is 12.0. The minimum Gasteiger partial charge on any atom is -0.465 e. The van der Waals surface area contributed by atoms with Gasteiger partial charge in [-0.25, -0.2) is 9.59 Å². The number of urea groups is 1. The van der Waals surface area contributed by atoms with Crippen LogP contribution >= 0.6 is 11.6 Å². The Bertz CT molecular complexity index is 337. The molecule has 18 heavy (non-hydrogen) atoms. The highest BCUT2D eigenvalue weighted by Gasteiger charge is 2.31. The molecule has 8 heteroatoms. The molecule has 3 N–H and O–H groups in total. The van der Waals surface area contributed by atoms with Crippen LogP contribution in [0.4, 0.5) is 9.59 Å². The van der Waals surface area contributed by atoms with E-state index in [1.54, 1.807) is 0 Å². The number of alkyl halides is 1. The van der Waals surface area contributed by atoms with Crippen molar-refractivity contribution in [2.45, 2.75) is 25.3 Å². The summed E-state index contributed by atoms with van der Waals surface area (Å²) in [7, 11) is 0. The van der Waals surface area contributed by atoms with Crippen molar-refractivity contribution in [3.05, 3.63) is 0 Å². The summed E-state index contributed by atoms with van der Waals surface area (Å²) in [5.41, 5.74) is 0. The molecule has 7 nitrogen and oxygen atoms in total. The van der Waals surface area contributed by atoms with Crippen molar-refractivity contribution in [3.8, 4) is 0 Å². The zero-order valence-corrected chi connectivity index (χ0v) is 10.6. The van der Waals surface area contributed by atoms with E-state index < -0.39 is 24.1 Å². The van der Waals surface area contributed by atoms with Gasteiger partial charge in [-0.15, -0.1) is 11.6 Å². The highest BCUT2D eigenvalue weighted by molar-refractivity contribution is 6.18. The minimum atomic E-state index is -1.27. The average molecular weight is 278 g/mol. The van der Waals surface area contributed by atoms with Gasteiger partial charge in [0, 0.05) is 19.0 Å². The number of likely N-dealkylation sites (tertiary alicyclic amines) is 1. The smallest absolute Gasteiger partial charge is 0.405 e. The van der Waals surface area contributed by atoms with E-state index in [0.29, 0.717) is 25.8 Å². The molecule has 1 atom stereocenters. The SMILES string of the molecule is O=C(O)N[C@H]1CCCCN(C(=O)NCCCl)C1=O. The van der Waals surface area contributed by atoms with Crippen molar-refractivity contribution in [1.82, 2.24) is 15.5 Å². The highest BCUT2D eigenvalue weighted by Crippen LogP contribution is 2.12. The van der Waals surface area contributed by atoms with Crippen LogP contribution in [0.3, 0.4) is 0 Å². The molecule has 0 saturated carbocycles. The fraction of sp³-hybridized carbons (Fsp3) is 0.700. The van der Waals surface area contributed by atoms with Crippen LogP contribution in [-0.4, -0.2) is 53.0 Å². The molecule has 1 rings (SSSR count). The monoisotopic (exact) mass is 277 g/mol. The minimum absolute atomic E-state index is 0.255. The third kappa shape index (κ3) is 4.06. The number of hydrogen-bond donors (Lipinski definition) is 3. The van der Waals surface area contributed by atoms with Gasteiger partial charge in [0.2, 0.25) is 0 Å². The lowest BCUT2D eigenvalue weighted by molar-refractivity contribution is -0.129. The van der Waals surface area contributed by atoms with Crippen LogP contribution < -0.4 is 10.6 Å². The highest BCUT2D eigenvalue weighted by atomic mass is 35.5. The molecule has 1 saturated heterocycles. The largest absolute Gasteiger partial charge is 0.465 e. The van der Waals surface area contributed by atoms with Crippen molar-refractivity contribution >= 4 is 29.6 Å². The molecule has 102 valence electrons. The normalized spacial score (nSPS) is 20.2. The number of carbonyl (C=O) groups excluding carboxylic acids is 2. The molecule has 0 aliphatic carbocycles. The first kappa shape index (κ1) is 14.6. The molecule has 0 aromatic carbocycles. The number of halogens is 1. The summed E-state index contributed by atoms with van der Waals surface area (Å²) in [5.74, 6) is -0.258. The van der Waals surface area contributed by atoms with Crippen LogP contribution in [0.15, 0.2) is 0 Å². The van der Waals surface area contributed by atoms with E-state index in [1.165, 1.54) is 0 Å². The zero-order chi connectivity index (χ0) is 13.5. The van der Waals surface area contributed by atoms with Crippen molar-refractivity contribution in [2.75, 3.05) is 19.0 Å². The molecule has 0 aromatic rings. The van der Waals surface area contributed by atoms with Gasteiger partial charge in [-0.05, 0) is 19.3 Å². The number of nitrogens with one attached hydrogen (secondary N) is 2. The topological polar surface area (TPSA) is 98.7 Å². The molecule has 1 aliphatic heterocycles. The fourth-order valence-corrected chi connectivity index (χ4v) is 1.87. The van der Waals surface area contributed by atoms with Crippen LogP contribution in [-0.2, 0) is 4.79 Å². The van der Waals surface area contributed by atoms with Gasteiger partial charge in [-0.2, -0.15) is 0 Å². The van der Waals surface area contributed by atoms with E-state index in [9.17, 15) is 14.4 Å². The molecule has 0 spiro atoms. The van der Waals surface area contributed by atoms with E-state index >= 15 is 0 Å². The molecule has 1 aliphatic rings. The first-order valence-corrected chi connectivity index (χ1v) is 6.24. The van der Waals surface area contributed by atoms with Gasteiger partial charge in [-0.3, -0.25) is 9.69 Å². The van der Waals surface area contributed by atoms with Crippen molar-refractivity contribution in [3.63, 3.8) is 0 Å². The summed E-state index contributed by atoms with van der Waals surface area (Å²) in [6, 6.07) is -1.38. The molecule has 0 radical (unpaired) electrons. The van der Waals surface area contributed by atoms with E-state index in [1.807, 2.05) is 0 Å². The van der Waals surface area contributed by atoms with Gasteiger partial charge < -0.3 is 15.7 Å². The van der Waals surface area contributed by atoms with Gasteiger partial charge in [0.25, 0.3) is 5.91 Å². The van der Waals surface area contributed by atoms with Crippen molar-refractivity contribution in [1.29, 1.82) is 0 Å². The second kappa shape index (κ2) is 7.05. The Hall–Kier alpha value is -1.50. The number of carboxylic acid groups (broad SMARTS) is 1. The van der Waals surface area contributed by atoms with Gasteiger partial charge in [-0.1, -0.05) is 0 Å². The molecule has 1 heterocycles. The summed E-state index contributed by atoms with van der Waals surface area (Å²) in [6.07, 6.45) is 0.495. The van der Waals surface area contributed by atoms with Crippen LogP contribution in [0.25, 0.3) is 0 Å². The Morgan fingerprint density at radius 2 is 2.17 bits per heavy atom. The number of carbonyl (C=O) groups is 3. The van der Waals surface area contributed by atoms with E-state index in [2.05, 4.69) is 10.6 Å². The summed E-state index contributed by atoms with van der Waals surface area (Å²) < 4.78 is 0. The molecular weight excluding hydrogens is 262 g/mol. The molecule has 1 fully saturated rings. The lowest BCUT2D eigenvalue weighted by Gasteiger charge is -2.22. The van der Waals surface area contributed by atoms with Crippen LogP contribution in [0.2, 0.25) is 0 Å². The third-order valence-electron chi connectivity index (χ3n) is 2.60. The third-order valence-corrected chi connectivity index (χ3v) is 2.79. The quantitative estimate of drug-likeness (QED) is 0.657. The number of rotatable bonds is 3.